The number of hydrogen-bond acceptors (Lipinski definition) is 7. The number of fused-ring (bicyclic) bond motifs is 1. The standard InChI is InChI=1S/C29H30F3N5O5S/c1-4-43(41,42)24-12-17-11-18(36-22(17)15-35-24)13-28(40,29(30,31)32)16-27(2,3)21-8-6-5-7-19(21)26(39)37-23-14-34-10-9-20(23)25(33)38/h5-12,14-15,36,40H,4,13,16H2,1-3H3,(H2,33,38)(H,37,39)/t28-/m0/s1. The van der Waals surface area contributed by atoms with E-state index in [4.69, 9.17) is 5.73 Å². The number of benzene rings is 1. The summed E-state index contributed by atoms with van der Waals surface area (Å²) in [6.45, 7) is 4.41. The van der Waals surface area contributed by atoms with Crippen LogP contribution in [0.5, 0.6) is 0 Å². The highest BCUT2D eigenvalue weighted by molar-refractivity contribution is 7.91. The van der Waals surface area contributed by atoms with Crippen molar-refractivity contribution in [1.29, 1.82) is 0 Å². The minimum atomic E-state index is -5.08. The van der Waals surface area contributed by atoms with Crippen LogP contribution in [0, 0.1) is 0 Å². The molecule has 3 aromatic heterocycles. The number of carbonyl (C=O) groups excluding carboxylic acids is 2. The molecule has 0 saturated carbocycles. The molecule has 14 heteroatoms. The molecule has 4 aromatic rings. The summed E-state index contributed by atoms with van der Waals surface area (Å²) >= 11 is 0. The number of amides is 2. The van der Waals surface area contributed by atoms with Gasteiger partial charge in [0.2, 0.25) is 0 Å². The molecule has 5 N–H and O–H groups in total. The summed E-state index contributed by atoms with van der Waals surface area (Å²) in [6, 6.07) is 9.95. The highest BCUT2D eigenvalue weighted by Gasteiger charge is 2.56. The van der Waals surface area contributed by atoms with Gasteiger partial charge in [0.1, 0.15) is 0 Å². The van der Waals surface area contributed by atoms with Gasteiger partial charge in [0, 0.05) is 29.3 Å². The Morgan fingerprint density at radius 2 is 1.77 bits per heavy atom. The van der Waals surface area contributed by atoms with Gasteiger partial charge in [-0.05, 0) is 41.7 Å². The fourth-order valence-corrected chi connectivity index (χ4v) is 5.87. The third kappa shape index (κ3) is 6.54. The first-order valence-electron chi connectivity index (χ1n) is 13.1. The van der Waals surface area contributed by atoms with Gasteiger partial charge in [-0.25, -0.2) is 13.4 Å². The first-order valence-corrected chi connectivity index (χ1v) is 14.8. The Morgan fingerprint density at radius 3 is 2.42 bits per heavy atom. The van der Waals surface area contributed by atoms with Crippen LogP contribution in [-0.4, -0.2) is 57.8 Å². The van der Waals surface area contributed by atoms with Gasteiger partial charge < -0.3 is 21.1 Å². The van der Waals surface area contributed by atoms with E-state index in [0.29, 0.717) is 10.9 Å². The van der Waals surface area contributed by atoms with Gasteiger partial charge in [0.25, 0.3) is 11.8 Å². The van der Waals surface area contributed by atoms with Crippen molar-refractivity contribution in [3.63, 3.8) is 0 Å². The normalized spacial score (nSPS) is 13.9. The Labute approximate surface area is 245 Å². The molecule has 3 heterocycles. The van der Waals surface area contributed by atoms with E-state index in [2.05, 4.69) is 20.3 Å². The first-order chi connectivity index (χ1) is 20.0. The fourth-order valence-electron chi connectivity index (χ4n) is 5.06. The molecule has 1 atom stereocenters. The number of rotatable bonds is 10. The van der Waals surface area contributed by atoms with Crippen LogP contribution in [0.3, 0.4) is 0 Å². The smallest absolute Gasteiger partial charge is 0.380 e. The van der Waals surface area contributed by atoms with Crippen LogP contribution in [0.25, 0.3) is 10.9 Å². The van der Waals surface area contributed by atoms with E-state index in [-0.39, 0.29) is 38.9 Å². The third-order valence-corrected chi connectivity index (χ3v) is 8.84. The second-order valence-corrected chi connectivity index (χ2v) is 13.1. The monoisotopic (exact) mass is 617 g/mol. The van der Waals surface area contributed by atoms with Crippen LogP contribution in [0.1, 0.15) is 59.2 Å². The van der Waals surface area contributed by atoms with Gasteiger partial charge in [-0.1, -0.05) is 39.0 Å². The third-order valence-electron chi connectivity index (χ3n) is 7.22. The lowest BCUT2D eigenvalue weighted by Gasteiger charge is -2.38. The summed E-state index contributed by atoms with van der Waals surface area (Å²) in [5, 5.41) is 13.9. The highest BCUT2D eigenvalue weighted by Crippen LogP contribution is 2.44. The number of pyridine rings is 2. The number of aromatic amines is 1. The molecular formula is C29H30F3N5O5S. The Hall–Kier alpha value is -4.30. The maximum atomic E-state index is 14.5. The zero-order valence-corrected chi connectivity index (χ0v) is 24.3. The lowest BCUT2D eigenvalue weighted by molar-refractivity contribution is -0.266. The van der Waals surface area contributed by atoms with Crippen LogP contribution >= 0.6 is 0 Å². The maximum Gasteiger partial charge on any atom is 0.417 e. The summed E-state index contributed by atoms with van der Waals surface area (Å²) in [7, 11) is -3.64. The van der Waals surface area contributed by atoms with E-state index >= 15 is 0 Å². The average molecular weight is 618 g/mol. The summed E-state index contributed by atoms with van der Waals surface area (Å²) in [5.74, 6) is -1.71. The highest BCUT2D eigenvalue weighted by atomic mass is 32.2. The lowest BCUT2D eigenvalue weighted by Crippen LogP contribution is -2.51. The minimum absolute atomic E-state index is 0.000475. The van der Waals surface area contributed by atoms with E-state index in [9.17, 15) is 36.3 Å². The molecule has 10 nitrogen and oxygen atoms in total. The van der Waals surface area contributed by atoms with Crippen molar-refractivity contribution in [2.24, 2.45) is 5.73 Å². The number of primary amides is 1. The van der Waals surface area contributed by atoms with Crippen LogP contribution in [0.15, 0.2) is 66.1 Å². The quantitative estimate of drug-likeness (QED) is 0.206. The number of aromatic nitrogens is 3. The zero-order valence-electron chi connectivity index (χ0n) is 23.5. The van der Waals surface area contributed by atoms with Crippen LogP contribution in [-0.2, 0) is 21.7 Å². The van der Waals surface area contributed by atoms with E-state index in [0.717, 1.165) is 0 Å². The van der Waals surface area contributed by atoms with Gasteiger partial charge in [-0.3, -0.25) is 14.6 Å². The van der Waals surface area contributed by atoms with Crippen molar-refractivity contribution in [3.8, 4) is 0 Å². The molecule has 0 unspecified atom stereocenters. The van der Waals surface area contributed by atoms with Gasteiger partial charge in [0.05, 0.1) is 34.9 Å². The number of aliphatic hydroxyl groups is 1. The molecule has 0 aliphatic carbocycles. The Morgan fingerprint density at radius 1 is 1.07 bits per heavy atom. The van der Waals surface area contributed by atoms with Gasteiger partial charge in [-0.2, -0.15) is 13.2 Å². The molecule has 0 radical (unpaired) electrons. The summed E-state index contributed by atoms with van der Waals surface area (Å²) < 4.78 is 68.0. The molecule has 0 fully saturated rings. The fraction of sp³-hybridized carbons (Fsp3) is 0.310. The SMILES string of the molecule is CCS(=O)(=O)c1cc2cc(C[C@](O)(CC(C)(C)c3ccccc3C(=O)Nc3cnccc3C(N)=O)C(F)(F)F)[nH]c2cn1. The minimum Gasteiger partial charge on any atom is -0.380 e. The van der Waals surface area contributed by atoms with E-state index in [1.807, 2.05) is 0 Å². The molecule has 43 heavy (non-hydrogen) atoms. The number of sulfone groups is 1. The molecule has 2 amide bonds. The van der Waals surface area contributed by atoms with E-state index < -0.39 is 51.7 Å². The Balaban J connectivity index is 1.67. The van der Waals surface area contributed by atoms with E-state index in [1.54, 1.807) is 6.07 Å². The molecule has 0 saturated heterocycles. The van der Waals surface area contributed by atoms with Gasteiger partial charge in [-0.15, -0.1) is 0 Å². The predicted molar refractivity (Wildman–Crippen MR) is 153 cm³/mol. The van der Waals surface area contributed by atoms with Gasteiger partial charge in [0.15, 0.2) is 20.5 Å². The van der Waals surface area contributed by atoms with Crippen LogP contribution in [0.4, 0.5) is 18.9 Å². The summed E-state index contributed by atoms with van der Waals surface area (Å²) in [4.78, 5) is 35.7. The average Bonchev–Trinajstić information content (AvgIpc) is 3.33. The first kappa shape index (κ1) is 31.6. The lowest BCUT2D eigenvalue weighted by atomic mass is 9.72. The van der Waals surface area contributed by atoms with Crippen molar-refractivity contribution in [3.05, 3.63) is 83.4 Å². The topological polar surface area (TPSA) is 168 Å². The molecule has 0 bridgehead atoms. The summed E-state index contributed by atoms with van der Waals surface area (Å²) in [6.07, 6.45) is -3.03. The van der Waals surface area contributed by atoms with Gasteiger partial charge >= 0.3 is 6.18 Å². The molecule has 0 aliphatic rings. The van der Waals surface area contributed by atoms with Crippen molar-refractivity contribution in [1.82, 2.24) is 15.0 Å². The molecular weight excluding hydrogens is 587 g/mol. The molecule has 1 aromatic carbocycles. The number of nitrogens with two attached hydrogens (primary N) is 1. The maximum absolute atomic E-state index is 14.5. The molecule has 0 spiro atoms. The second-order valence-electron chi connectivity index (χ2n) is 10.9. The number of anilines is 1. The number of nitrogens with zero attached hydrogens (tertiary/aromatic N) is 2. The number of halogens is 3. The largest absolute Gasteiger partial charge is 0.417 e. The number of hydrogen-bond donors (Lipinski definition) is 4. The number of H-pyrrole nitrogens is 1. The number of alkyl halides is 3. The molecule has 0 aliphatic heterocycles. The molecule has 4 rings (SSSR count). The Kier molecular flexibility index (Phi) is 8.40. The van der Waals surface area contributed by atoms with Crippen molar-refractivity contribution >= 4 is 38.2 Å². The van der Waals surface area contributed by atoms with Crippen LogP contribution < -0.4 is 11.1 Å². The second kappa shape index (κ2) is 11.4. The van der Waals surface area contributed by atoms with E-state index in [1.165, 1.54) is 75.8 Å². The van der Waals surface area contributed by atoms with Crippen molar-refractivity contribution in [2.45, 2.75) is 55.8 Å². The Bertz CT molecular complexity index is 1800. The van der Waals surface area contributed by atoms with Crippen molar-refractivity contribution in [2.75, 3.05) is 11.1 Å². The summed E-state index contributed by atoms with van der Waals surface area (Å²) in [5.41, 5.74) is 1.31. The number of carbonyl (C=O) groups is 2. The molecule has 228 valence electrons. The van der Waals surface area contributed by atoms with Crippen LogP contribution in [0.2, 0.25) is 0 Å². The zero-order chi connectivity index (χ0) is 31.8. The van der Waals surface area contributed by atoms with Crippen molar-refractivity contribution < 1.29 is 36.3 Å². The predicted octanol–water partition coefficient (Wildman–Crippen LogP) is 4.31. The number of nitrogens with one attached hydrogen (secondary N) is 2.